The van der Waals surface area contributed by atoms with E-state index in [0.29, 0.717) is 30.0 Å². The highest BCUT2D eigenvalue weighted by Gasteiger charge is 2.61. The molecule has 4 aliphatic rings. The highest BCUT2D eigenvalue weighted by atomic mass is 32.1. The minimum absolute atomic E-state index is 0.0310. The van der Waals surface area contributed by atoms with Crippen molar-refractivity contribution in [1.82, 2.24) is 10.4 Å². The lowest BCUT2D eigenvalue weighted by Gasteiger charge is -2.60. The third kappa shape index (κ3) is 2.94. The normalized spacial score (nSPS) is 42.7. The number of Topliss-reactive ketones (excluding diaryl/α,β-unsaturated/α-hetero) is 1. The Morgan fingerprint density at radius 1 is 1.20 bits per heavy atom. The van der Waals surface area contributed by atoms with Crippen LogP contribution in [0.3, 0.4) is 0 Å². The first-order valence-electron chi connectivity index (χ1n) is 11.5. The predicted molar refractivity (Wildman–Crippen MR) is 119 cm³/mol. The fourth-order valence-corrected chi connectivity index (χ4v) is 8.43. The van der Waals surface area contributed by atoms with Gasteiger partial charge < -0.3 is 0 Å². The summed E-state index contributed by atoms with van der Waals surface area (Å²) in [4.78, 5) is 29.2. The average Bonchev–Trinajstić information content (AvgIpc) is 3.33. The van der Waals surface area contributed by atoms with Crippen molar-refractivity contribution >= 4 is 28.0 Å². The number of anilines is 1. The molecule has 1 aromatic heterocycles. The average molecular weight is 428 g/mol. The van der Waals surface area contributed by atoms with Crippen LogP contribution in [0.25, 0.3) is 0 Å². The number of hydrogen-bond donors (Lipinski definition) is 2. The number of thiazole rings is 1. The summed E-state index contributed by atoms with van der Waals surface area (Å²) >= 11 is 1.56. The molecule has 6 heteroatoms. The van der Waals surface area contributed by atoms with Gasteiger partial charge >= 0.3 is 0 Å². The summed E-state index contributed by atoms with van der Waals surface area (Å²) in [6.45, 7) is 6.58. The van der Waals surface area contributed by atoms with Crippen LogP contribution in [0.2, 0.25) is 0 Å². The molecule has 1 unspecified atom stereocenters. The molecule has 0 aromatic carbocycles. The number of fused-ring (bicyclic) bond motifs is 5. The molecule has 1 heterocycles. The Morgan fingerprint density at radius 2 is 2.03 bits per heavy atom. The Hall–Kier alpha value is -1.53. The van der Waals surface area contributed by atoms with Crippen LogP contribution in [0.1, 0.15) is 65.7 Å². The lowest BCUT2D eigenvalue weighted by Crippen LogP contribution is -2.59. The Labute approximate surface area is 183 Å². The summed E-state index contributed by atoms with van der Waals surface area (Å²) in [6.07, 6.45) is 11.0. The van der Waals surface area contributed by atoms with Crippen LogP contribution in [-0.4, -0.2) is 22.6 Å². The second kappa shape index (κ2) is 7.27. The molecule has 1 aromatic rings. The first-order valence-corrected chi connectivity index (χ1v) is 12.4. The number of carbonyl (C=O) groups excluding carboxylic acids is 2. The molecule has 7 atom stereocenters. The topological polar surface area (TPSA) is 71.1 Å². The fraction of sp³-hybridized carbons (Fsp3) is 0.708. The van der Waals surface area contributed by atoms with Gasteiger partial charge in [0, 0.05) is 35.4 Å². The summed E-state index contributed by atoms with van der Waals surface area (Å²) in [5.74, 6) is 2.70. The van der Waals surface area contributed by atoms with Crippen molar-refractivity contribution in [1.29, 1.82) is 0 Å². The van der Waals surface area contributed by atoms with Gasteiger partial charge in [-0.05, 0) is 74.7 Å². The van der Waals surface area contributed by atoms with Crippen LogP contribution in [0, 0.1) is 34.5 Å². The molecule has 162 valence electrons. The molecule has 2 N–H and O–H groups in total. The van der Waals surface area contributed by atoms with Crippen molar-refractivity contribution in [3.8, 4) is 0 Å². The smallest absolute Gasteiger partial charge is 0.197 e. The maximum atomic E-state index is 12.5. The van der Waals surface area contributed by atoms with E-state index in [1.54, 1.807) is 24.5 Å². The number of carbonyl (C=O) groups is 2. The van der Waals surface area contributed by atoms with Crippen molar-refractivity contribution in [2.24, 2.45) is 34.5 Å². The largest absolute Gasteiger partial charge is 0.300 e. The summed E-state index contributed by atoms with van der Waals surface area (Å²) in [6, 6.07) is 0.0658. The number of hydrogen-bond acceptors (Lipinski definition) is 6. The Morgan fingerprint density at radius 3 is 2.77 bits per heavy atom. The zero-order valence-electron chi connectivity index (χ0n) is 18.2. The van der Waals surface area contributed by atoms with E-state index in [2.05, 4.69) is 29.7 Å². The predicted octanol–water partition coefficient (Wildman–Crippen LogP) is 4.78. The van der Waals surface area contributed by atoms with Crippen LogP contribution >= 0.6 is 11.3 Å². The maximum absolute atomic E-state index is 12.5. The van der Waals surface area contributed by atoms with Gasteiger partial charge in [0.15, 0.2) is 10.9 Å². The van der Waals surface area contributed by atoms with Gasteiger partial charge in [-0.2, -0.15) is 0 Å². The van der Waals surface area contributed by atoms with E-state index in [4.69, 9.17) is 0 Å². The molecule has 0 aliphatic heterocycles. The Kier molecular flexibility index (Phi) is 4.93. The first kappa shape index (κ1) is 20.4. The molecule has 0 spiro atoms. The summed E-state index contributed by atoms with van der Waals surface area (Å²) < 4.78 is 0. The molecular formula is C24H33N3O2S. The molecule has 30 heavy (non-hydrogen) atoms. The van der Waals surface area contributed by atoms with Gasteiger partial charge in [-0.15, -0.1) is 11.3 Å². The van der Waals surface area contributed by atoms with E-state index in [1.165, 1.54) is 12.0 Å². The molecule has 0 amide bonds. The number of aromatic nitrogens is 1. The SMILES string of the molecule is CC(=O)[C@H]1CC[C@H]2[C@@H]3CCC4=CC(=O)CC(NNc5nccs5)[C@]4(C)[C@H]3CC[C@]12C. The minimum atomic E-state index is -0.0310. The van der Waals surface area contributed by atoms with Gasteiger partial charge in [0.1, 0.15) is 5.78 Å². The van der Waals surface area contributed by atoms with Crippen LogP contribution in [-0.2, 0) is 9.59 Å². The van der Waals surface area contributed by atoms with Crippen LogP contribution in [0.15, 0.2) is 23.2 Å². The third-order valence-electron chi connectivity index (χ3n) is 9.39. The highest BCUT2D eigenvalue weighted by molar-refractivity contribution is 7.13. The molecule has 4 aliphatic carbocycles. The Balaban J connectivity index is 1.45. The zero-order valence-corrected chi connectivity index (χ0v) is 19.1. The zero-order chi connectivity index (χ0) is 21.1. The molecule has 0 bridgehead atoms. The quantitative estimate of drug-likeness (QED) is 0.677. The first-order chi connectivity index (χ1) is 14.3. The third-order valence-corrected chi connectivity index (χ3v) is 10.1. The fourth-order valence-electron chi connectivity index (χ4n) is 7.94. The van der Waals surface area contributed by atoms with E-state index in [1.807, 2.05) is 11.5 Å². The second-order valence-electron chi connectivity index (χ2n) is 10.5. The van der Waals surface area contributed by atoms with Crippen molar-refractivity contribution < 1.29 is 9.59 Å². The lowest BCUT2D eigenvalue weighted by atomic mass is 9.46. The maximum Gasteiger partial charge on any atom is 0.197 e. The number of nitrogens with one attached hydrogen (secondary N) is 2. The van der Waals surface area contributed by atoms with E-state index in [-0.39, 0.29) is 28.6 Å². The van der Waals surface area contributed by atoms with Crippen molar-refractivity contribution in [2.45, 2.75) is 71.8 Å². The number of nitrogens with zero attached hydrogens (tertiary/aromatic N) is 1. The molecule has 5 rings (SSSR count). The van der Waals surface area contributed by atoms with Gasteiger partial charge in [-0.3, -0.25) is 15.0 Å². The standard InChI is InChI=1S/C24H33N3O2S/c1-14(28)18-6-7-19-17-5-4-15-12-16(29)13-21(26-27-22-25-10-11-30-22)24(15,3)20(17)8-9-23(18,19)2/h10-12,17-21,26H,4-9,13H2,1-3H3,(H,25,27)/t17-,18+,19-,20-,21?,23+,24-/m0/s1. The molecule has 3 saturated carbocycles. The molecular weight excluding hydrogens is 394 g/mol. The van der Waals surface area contributed by atoms with Crippen molar-refractivity contribution in [3.05, 3.63) is 23.2 Å². The van der Waals surface area contributed by atoms with Crippen LogP contribution < -0.4 is 10.9 Å². The molecule has 3 fully saturated rings. The van der Waals surface area contributed by atoms with Crippen LogP contribution in [0.5, 0.6) is 0 Å². The van der Waals surface area contributed by atoms with Crippen molar-refractivity contribution in [2.75, 3.05) is 5.43 Å². The van der Waals surface area contributed by atoms with Crippen LogP contribution in [0.4, 0.5) is 5.13 Å². The van der Waals surface area contributed by atoms with Gasteiger partial charge in [-0.1, -0.05) is 19.4 Å². The van der Waals surface area contributed by atoms with E-state index in [9.17, 15) is 9.59 Å². The van der Waals surface area contributed by atoms with Gasteiger partial charge in [0.25, 0.3) is 0 Å². The highest BCUT2D eigenvalue weighted by Crippen LogP contribution is 2.66. The molecule has 0 saturated heterocycles. The molecule has 0 radical (unpaired) electrons. The second-order valence-corrected chi connectivity index (χ2v) is 11.4. The summed E-state index contributed by atoms with van der Waals surface area (Å²) in [5.41, 5.74) is 8.25. The summed E-state index contributed by atoms with van der Waals surface area (Å²) in [5, 5.41) is 2.79. The minimum Gasteiger partial charge on any atom is -0.300 e. The van der Waals surface area contributed by atoms with Gasteiger partial charge in [0.2, 0.25) is 0 Å². The number of hydrazine groups is 1. The summed E-state index contributed by atoms with van der Waals surface area (Å²) in [7, 11) is 0. The van der Waals surface area contributed by atoms with E-state index in [0.717, 1.165) is 37.2 Å². The monoisotopic (exact) mass is 427 g/mol. The Bertz CT molecular complexity index is 881. The number of rotatable bonds is 4. The molecule has 5 nitrogen and oxygen atoms in total. The lowest BCUT2D eigenvalue weighted by molar-refractivity contribution is -0.129. The number of ketones is 2. The van der Waals surface area contributed by atoms with Crippen molar-refractivity contribution in [3.63, 3.8) is 0 Å². The van der Waals surface area contributed by atoms with Gasteiger partial charge in [0.05, 0.1) is 0 Å². The van der Waals surface area contributed by atoms with Gasteiger partial charge in [-0.25, -0.2) is 10.4 Å². The van der Waals surface area contributed by atoms with E-state index >= 15 is 0 Å². The van der Waals surface area contributed by atoms with E-state index < -0.39 is 0 Å².